The number of nitrogens with zero attached hydrogens (tertiary/aromatic N) is 1. The molecule has 0 fully saturated rings. The minimum Gasteiger partial charge on any atom is -0.465 e. The minimum atomic E-state index is -5.82. The second-order valence-electron chi connectivity index (χ2n) is 4.38. The third-order valence-electron chi connectivity index (χ3n) is 2.89. The van der Waals surface area contributed by atoms with E-state index in [9.17, 15) is 26.4 Å². The molecule has 22 heavy (non-hydrogen) atoms. The van der Waals surface area contributed by atoms with Crippen LogP contribution in [0.15, 0.2) is 42.2 Å². The topological polar surface area (TPSA) is 83.9 Å². The van der Waals surface area contributed by atoms with Gasteiger partial charge >= 0.3 is 21.7 Å². The van der Waals surface area contributed by atoms with E-state index in [-0.39, 0.29) is 0 Å². The van der Waals surface area contributed by atoms with Gasteiger partial charge in [-0.05, 0) is 11.6 Å². The number of carbonyl (C=O) groups is 1. The maximum atomic E-state index is 12.3. The predicted octanol–water partition coefficient (Wildman–Crippen LogP) is 2.47. The summed E-state index contributed by atoms with van der Waals surface area (Å²) in [6.07, 6.45) is -0.375. The Morgan fingerprint density at radius 1 is 1.27 bits per heavy atom. The maximum Gasteiger partial charge on any atom is 0.534 e. The summed E-state index contributed by atoms with van der Waals surface area (Å²) in [6.45, 7) is -0.593. The first kappa shape index (κ1) is 16.1. The van der Waals surface area contributed by atoms with E-state index in [0.717, 1.165) is 11.0 Å². The van der Waals surface area contributed by atoms with E-state index in [2.05, 4.69) is 4.18 Å². The van der Waals surface area contributed by atoms with Crippen LogP contribution in [0.25, 0.3) is 0 Å². The van der Waals surface area contributed by atoms with Crippen LogP contribution < -0.4 is 0 Å². The fourth-order valence-corrected chi connectivity index (χ4v) is 2.42. The molecule has 0 saturated heterocycles. The highest BCUT2D eigenvalue weighted by Gasteiger charge is 2.49. The number of alkyl halides is 3. The minimum absolute atomic E-state index is 0.480. The van der Waals surface area contributed by atoms with Crippen molar-refractivity contribution in [2.45, 2.75) is 11.6 Å². The predicted molar refractivity (Wildman–Crippen MR) is 68.1 cm³/mol. The van der Waals surface area contributed by atoms with Crippen molar-refractivity contribution in [2.75, 3.05) is 6.54 Å². The third kappa shape index (κ3) is 3.16. The number of halogens is 3. The van der Waals surface area contributed by atoms with E-state index in [1.54, 1.807) is 30.3 Å². The van der Waals surface area contributed by atoms with Crippen LogP contribution in [0.2, 0.25) is 0 Å². The summed E-state index contributed by atoms with van der Waals surface area (Å²) in [5, 5.41) is 9.09. The summed E-state index contributed by atoms with van der Waals surface area (Å²) in [6, 6.07) is 7.13. The van der Waals surface area contributed by atoms with Crippen LogP contribution in [0.1, 0.15) is 11.6 Å². The zero-order valence-electron chi connectivity index (χ0n) is 10.8. The van der Waals surface area contributed by atoms with Crippen molar-refractivity contribution in [3.8, 4) is 0 Å². The standard InChI is InChI=1S/C12H10F3NO5S/c13-12(14,15)22(19,20)21-9-6-10(16(7-9)11(17)18)8-4-2-1-3-5-8/h1-6,10H,7H2,(H,17,18). The fourth-order valence-electron chi connectivity index (χ4n) is 1.94. The SMILES string of the molecule is O=C(O)N1CC(OS(=O)(=O)C(F)(F)F)=CC1c1ccccc1. The lowest BCUT2D eigenvalue weighted by Gasteiger charge is -2.21. The van der Waals surface area contributed by atoms with Crippen molar-refractivity contribution < 1.29 is 35.7 Å². The zero-order valence-corrected chi connectivity index (χ0v) is 11.6. The van der Waals surface area contributed by atoms with Gasteiger partial charge in [-0.1, -0.05) is 30.3 Å². The van der Waals surface area contributed by atoms with Crippen LogP contribution in [-0.4, -0.2) is 36.6 Å². The second kappa shape index (κ2) is 5.52. The second-order valence-corrected chi connectivity index (χ2v) is 5.92. The summed E-state index contributed by atoms with van der Waals surface area (Å²) < 4.78 is 62.8. The Labute approximate surface area is 123 Å². The Balaban J connectivity index is 2.30. The van der Waals surface area contributed by atoms with Gasteiger partial charge < -0.3 is 9.29 Å². The molecule has 1 unspecified atom stereocenters. The van der Waals surface area contributed by atoms with Gasteiger partial charge in [0.2, 0.25) is 0 Å². The highest BCUT2D eigenvalue weighted by molar-refractivity contribution is 7.87. The normalized spacial score (nSPS) is 19.0. The van der Waals surface area contributed by atoms with Gasteiger partial charge in [0.15, 0.2) is 0 Å². The van der Waals surface area contributed by atoms with Crippen molar-refractivity contribution in [3.05, 3.63) is 47.7 Å². The lowest BCUT2D eigenvalue weighted by Crippen LogP contribution is -2.31. The van der Waals surface area contributed by atoms with Crippen LogP contribution in [0.4, 0.5) is 18.0 Å². The summed E-state index contributed by atoms with van der Waals surface area (Å²) >= 11 is 0. The largest absolute Gasteiger partial charge is 0.534 e. The fraction of sp³-hybridized carbons (Fsp3) is 0.250. The molecule has 0 bridgehead atoms. The number of carboxylic acid groups (broad SMARTS) is 1. The first-order valence-corrected chi connectivity index (χ1v) is 7.28. The molecule has 1 aliphatic rings. The number of hydrogen-bond acceptors (Lipinski definition) is 4. The van der Waals surface area contributed by atoms with E-state index in [4.69, 9.17) is 5.11 Å². The van der Waals surface area contributed by atoms with Crippen LogP contribution in [0.5, 0.6) is 0 Å². The molecule has 1 aromatic carbocycles. The van der Waals surface area contributed by atoms with Gasteiger partial charge in [0.1, 0.15) is 5.76 Å². The molecule has 0 saturated carbocycles. The van der Waals surface area contributed by atoms with Crippen LogP contribution in [-0.2, 0) is 14.3 Å². The van der Waals surface area contributed by atoms with Gasteiger partial charge in [-0.25, -0.2) is 4.79 Å². The molecular formula is C12H10F3NO5S. The molecule has 1 N–H and O–H groups in total. The third-order valence-corrected chi connectivity index (χ3v) is 3.89. The van der Waals surface area contributed by atoms with Gasteiger partial charge in [0.25, 0.3) is 0 Å². The van der Waals surface area contributed by atoms with Crippen molar-refractivity contribution >= 4 is 16.2 Å². The van der Waals surface area contributed by atoms with E-state index in [1.807, 2.05) is 0 Å². The van der Waals surface area contributed by atoms with E-state index >= 15 is 0 Å². The first-order chi connectivity index (χ1) is 10.1. The Morgan fingerprint density at radius 3 is 2.36 bits per heavy atom. The smallest absolute Gasteiger partial charge is 0.465 e. The molecule has 0 aliphatic carbocycles. The molecule has 1 amide bonds. The lowest BCUT2D eigenvalue weighted by molar-refractivity contribution is -0.0522. The van der Waals surface area contributed by atoms with Crippen LogP contribution in [0.3, 0.4) is 0 Å². The highest BCUT2D eigenvalue weighted by Crippen LogP contribution is 2.34. The van der Waals surface area contributed by atoms with Gasteiger partial charge in [0.05, 0.1) is 12.6 Å². The summed E-state index contributed by atoms with van der Waals surface area (Å²) in [5.41, 5.74) is -5.10. The van der Waals surface area contributed by atoms with Gasteiger partial charge in [0, 0.05) is 0 Å². The lowest BCUT2D eigenvalue weighted by atomic mass is 10.1. The van der Waals surface area contributed by atoms with Gasteiger partial charge in [-0.15, -0.1) is 0 Å². The number of benzene rings is 1. The Bertz CT molecular complexity index is 699. The van der Waals surface area contributed by atoms with E-state index in [1.165, 1.54) is 0 Å². The molecule has 6 nitrogen and oxygen atoms in total. The molecule has 10 heteroatoms. The molecule has 2 rings (SSSR count). The molecule has 1 aromatic rings. The van der Waals surface area contributed by atoms with Crippen molar-refractivity contribution in [1.82, 2.24) is 4.90 Å². The molecule has 1 atom stereocenters. The molecular weight excluding hydrogens is 327 g/mol. The Morgan fingerprint density at radius 2 is 1.86 bits per heavy atom. The Kier molecular flexibility index (Phi) is 4.05. The average Bonchev–Trinajstić information content (AvgIpc) is 2.82. The first-order valence-electron chi connectivity index (χ1n) is 5.88. The van der Waals surface area contributed by atoms with Crippen LogP contribution >= 0.6 is 0 Å². The monoisotopic (exact) mass is 337 g/mol. The molecule has 1 heterocycles. The number of amides is 1. The summed E-state index contributed by atoms with van der Waals surface area (Å²) in [7, 11) is -5.82. The molecule has 0 radical (unpaired) electrons. The number of hydrogen-bond donors (Lipinski definition) is 1. The molecule has 0 aromatic heterocycles. The summed E-state index contributed by atoms with van der Waals surface area (Å²) in [5.74, 6) is -0.589. The van der Waals surface area contributed by atoms with Crippen LogP contribution in [0, 0.1) is 0 Å². The molecule has 1 aliphatic heterocycles. The quantitative estimate of drug-likeness (QED) is 0.677. The highest BCUT2D eigenvalue weighted by atomic mass is 32.2. The van der Waals surface area contributed by atoms with E-state index < -0.39 is 40.1 Å². The van der Waals surface area contributed by atoms with Crippen molar-refractivity contribution in [1.29, 1.82) is 0 Å². The van der Waals surface area contributed by atoms with Gasteiger partial charge in [-0.2, -0.15) is 21.6 Å². The average molecular weight is 337 g/mol. The number of rotatable bonds is 3. The zero-order chi connectivity index (χ0) is 16.5. The molecule has 120 valence electrons. The van der Waals surface area contributed by atoms with Gasteiger partial charge in [-0.3, -0.25) is 4.90 Å². The Hall–Kier alpha value is -2.23. The van der Waals surface area contributed by atoms with E-state index in [0.29, 0.717) is 5.56 Å². The maximum absolute atomic E-state index is 12.3. The van der Waals surface area contributed by atoms with Crippen molar-refractivity contribution in [2.24, 2.45) is 0 Å². The molecule has 0 spiro atoms. The summed E-state index contributed by atoms with van der Waals surface area (Å²) in [4.78, 5) is 11.9. The van der Waals surface area contributed by atoms with Crippen molar-refractivity contribution in [3.63, 3.8) is 0 Å².